The van der Waals surface area contributed by atoms with Crippen LogP contribution in [0.25, 0.3) is 91.1 Å². The number of aromatic nitrogens is 2. The maximum absolute atomic E-state index is 7.69. The third-order valence-corrected chi connectivity index (χ3v) is 10.7. The van der Waals surface area contributed by atoms with Crippen LogP contribution in [0.2, 0.25) is 0 Å². The molecule has 3 aromatic heterocycles. The van der Waals surface area contributed by atoms with E-state index in [9.17, 15) is 0 Å². The van der Waals surface area contributed by atoms with E-state index in [4.69, 9.17) is 6.57 Å². The standard InChI is InChI=1S/C43H25N3S/c1-44-29-10-9-13-31(26-29)46-40-23-19-28(25-37(40)34-20-21-35-33-15-6-8-17-41(33)47-43(35)42(34)46)27-18-22-39-36(24-27)32-14-5-7-16-38(32)45(39)30-11-3-2-4-12-30/h2-26H. The molecule has 0 N–H and O–H groups in total. The average Bonchev–Trinajstić information content (AvgIpc) is 3.79. The first-order chi connectivity index (χ1) is 23.3. The van der Waals surface area contributed by atoms with Gasteiger partial charge in [0.2, 0.25) is 0 Å². The van der Waals surface area contributed by atoms with Gasteiger partial charge >= 0.3 is 0 Å². The van der Waals surface area contributed by atoms with E-state index in [0.29, 0.717) is 5.69 Å². The van der Waals surface area contributed by atoms with Gasteiger partial charge in [0.05, 0.1) is 33.3 Å². The lowest BCUT2D eigenvalue weighted by molar-refractivity contribution is 1.18. The van der Waals surface area contributed by atoms with Gasteiger partial charge in [-0.3, -0.25) is 0 Å². The molecule has 0 aliphatic heterocycles. The lowest BCUT2D eigenvalue weighted by Gasteiger charge is -2.10. The van der Waals surface area contributed by atoms with Crippen molar-refractivity contribution in [1.29, 1.82) is 0 Å². The maximum atomic E-state index is 7.69. The van der Waals surface area contributed by atoms with Crippen LogP contribution in [0.4, 0.5) is 5.69 Å². The lowest BCUT2D eigenvalue weighted by atomic mass is 10.0. The molecule has 0 amide bonds. The first kappa shape index (κ1) is 26.1. The second-order valence-electron chi connectivity index (χ2n) is 12.1. The molecule has 3 heterocycles. The molecule has 0 aliphatic carbocycles. The normalized spacial score (nSPS) is 11.8. The number of benzene rings is 7. The van der Waals surface area contributed by atoms with E-state index in [0.717, 1.165) is 16.9 Å². The SMILES string of the molecule is [C-]#[N+]c1cccc(-n2c3ccc(-c4ccc5c(c4)c4ccccc4n5-c4ccccc4)cc3c3ccc4c5ccccc5sc4c32)c1. The third kappa shape index (κ3) is 3.78. The van der Waals surface area contributed by atoms with Crippen molar-refractivity contribution in [2.24, 2.45) is 0 Å². The van der Waals surface area contributed by atoms with Gasteiger partial charge in [0.25, 0.3) is 0 Å². The summed E-state index contributed by atoms with van der Waals surface area (Å²) in [6, 6.07) is 54.2. The Kier molecular flexibility index (Phi) is 5.51. The van der Waals surface area contributed by atoms with Gasteiger partial charge < -0.3 is 9.13 Å². The van der Waals surface area contributed by atoms with Crippen LogP contribution in [0.3, 0.4) is 0 Å². The smallest absolute Gasteiger partial charge is 0.189 e. The number of nitrogens with zero attached hydrogens (tertiary/aromatic N) is 3. The summed E-state index contributed by atoms with van der Waals surface area (Å²) in [5.74, 6) is 0. The van der Waals surface area contributed by atoms with Crippen LogP contribution in [0, 0.1) is 6.57 Å². The Morgan fingerprint density at radius 2 is 1.09 bits per heavy atom. The molecule has 10 rings (SSSR count). The minimum absolute atomic E-state index is 0.639. The van der Waals surface area contributed by atoms with Crippen LogP contribution in [0.5, 0.6) is 0 Å². The van der Waals surface area contributed by atoms with E-state index in [1.807, 2.05) is 29.5 Å². The summed E-state index contributed by atoms with van der Waals surface area (Å²) in [4.78, 5) is 3.76. The van der Waals surface area contributed by atoms with Gasteiger partial charge in [0.15, 0.2) is 5.69 Å². The summed E-state index contributed by atoms with van der Waals surface area (Å²) >= 11 is 1.85. The molecule has 0 unspecified atom stereocenters. The second kappa shape index (κ2) is 9.92. The van der Waals surface area contributed by atoms with Crippen LogP contribution in [-0.4, -0.2) is 9.13 Å². The van der Waals surface area contributed by atoms with Crippen LogP contribution in [0.15, 0.2) is 152 Å². The molecule has 0 saturated heterocycles. The minimum Gasteiger partial charge on any atom is -0.309 e. The van der Waals surface area contributed by atoms with Crippen LogP contribution in [-0.2, 0) is 0 Å². The van der Waals surface area contributed by atoms with Crippen LogP contribution >= 0.6 is 11.3 Å². The topological polar surface area (TPSA) is 14.2 Å². The highest BCUT2D eigenvalue weighted by Crippen LogP contribution is 2.44. The fourth-order valence-electron chi connectivity index (χ4n) is 7.44. The summed E-state index contributed by atoms with van der Waals surface area (Å²) in [6.07, 6.45) is 0. The predicted molar refractivity (Wildman–Crippen MR) is 200 cm³/mol. The zero-order valence-corrected chi connectivity index (χ0v) is 26.0. The number of hydrogen-bond acceptors (Lipinski definition) is 1. The fraction of sp³-hybridized carbons (Fsp3) is 0. The van der Waals surface area contributed by atoms with Crippen molar-refractivity contribution >= 4 is 80.8 Å². The van der Waals surface area contributed by atoms with Crippen molar-refractivity contribution in [2.45, 2.75) is 0 Å². The average molecular weight is 616 g/mol. The Balaban J connectivity index is 1.25. The second-order valence-corrected chi connectivity index (χ2v) is 13.1. The summed E-state index contributed by atoms with van der Waals surface area (Å²) in [5.41, 5.74) is 9.92. The Hall–Kier alpha value is -6.15. The highest BCUT2D eigenvalue weighted by molar-refractivity contribution is 7.26. The largest absolute Gasteiger partial charge is 0.309 e. The molecular weight excluding hydrogens is 591 g/mol. The molecule has 0 fully saturated rings. The number of para-hydroxylation sites is 2. The molecule has 0 aliphatic rings. The fourth-order valence-corrected chi connectivity index (χ4v) is 8.68. The molecule has 0 saturated carbocycles. The van der Waals surface area contributed by atoms with Gasteiger partial charge in [-0.1, -0.05) is 91.0 Å². The van der Waals surface area contributed by atoms with Gasteiger partial charge in [-0.15, -0.1) is 11.3 Å². The number of fused-ring (bicyclic) bond motifs is 10. The molecule has 10 aromatic rings. The molecule has 218 valence electrons. The van der Waals surface area contributed by atoms with Gasteiger partial charge in [0, 0.05) is 48.4 Å². The molecule has 4 heteroatoms. The van der Waals surface area contributed by atoms with Gasteiger partial charge in [0.1, 0.15) is 0 Å². The first-order valence-electron chi connectivity index (χ1n) is 15.7. The van der Waals surface area contributed by atoms with Crippen molar-refractivity contribution in [3.8, 4) is 22.5 Å². The molecular formula is C43H25N3S. The zero-order chi connectivity index (χ0) is 31.1. The quantitative estimate of drug-likeness (QED) is 0.176. The van der Waals surface area contributed by atoms with Crippen molar-refractivity contribution in [3.63, 3.8) is 0 Å². The van der Waals surface area contributed by atoms with Crippen molar-refractivity contribution < 1.29 is 0 Å². The summed E-state index contributed by atoms with van der Waals surface area (Å²) in [6.45, 7) is 7.69. The van der Waals surface area contributed by atoms with Crippen LogP contribution < -0.4 is 0 Å². The van der Waals surface area contributed by atoms with E-state index < -0.39 is 0 Å². The number of hydrogen-bond donors (Lipinski definition) is 0. The molecule has 0 radical (unpaired) electrons. The number of thiophene rings is 1. The van der Waals surface area contributed by atoms with E-state index in [-0.39, 0.29) is 0 Å². The summed E-state index contributed by atoms with van der Waals surface area (Å²) in [5, 5.41) is 7.46. The maximum Gasteiger partial charge on any atom is 0.189 e. The summed E-state index contributed by atoms with van der Waals surface area (Å²) < 4.78 is 7.27. The van der Waals surface area contributed by atoms with E-state index in [1.54, 1.807) is 0 Å². The highest BCUT2D eigenvalue weighted by Gasteiger charge is 2.19. The van der Waals surface area contributed by atoms with E-state index >= 15 is 0 Å². The monoisotopic (exact) mass is 615 g/mol. The van der Waals surface area contributed by atoms with E-state index in [2.05, 4.69) is 147 Å². The Bertz CT molecular complexity index is 2910. The Morgan fingerprint density at radius 1 is 0.447 bits per heavy atom. The Labute approximate surface area is 274 Å². The third-order valence-electron chi connectivity index (χ3n) is 9.51. The van der Waals surface area contributed by atoms with Gasteiger partial charge in [-0.05, 0) is 71.8 Å². The molecule has 3 nitrogen and oxygen atoms in total. The van der Waals surface area contributed by atoms with E-state index in [1.165, 1.54) is 69.4 Å². The molecule has 0 bridgehead atoms. The minimum atomic E-state index is 0.639. The Morgan fingerprint density at radius 3 is 1.89 bits per heavy atom. The summed E-state index contributed by atoms with van der Waals surface area (Å²) in [7, 11) is 0. The number of rotatable bonds is 3. The highest BCUT2D eigenvalue weighted by atomic mass is 32.1. The van der Waals surface area contributed by atoms with Crippen LogP contribution in [0.1, 0.15) is 0 Å². The molecule has 7 aromatic carbocycles. The molecule has 0 atom stereocenters. The van der Waals surface area contributed by atoms with Crippen molar-refractivity contribution in [1.82, 2.24) is 9.13 Å². The molecule has 0 spiro atoms. The predicted octanol–water partition coefficient (Wildman–Crippen LogP) is 12.5. The van der Waals surface area contributed by atoms with Crippen molar-refractivity contribution in [3.05, 3.63) is 163 Å². The van der Waals surface area contributed by atoms with Gasteiger partial charge in [-0.25, -0.2) is 4.85 Å². The van der Waals surface area contributed by atoms with Gasteiger partial charge in [-0.2, -0.15) is 0 Å². The first-order valence-corrected chi connectivity index (χ1v) is 16.5. The van der Waals surface area contributed by atoms with Crippen molar-refractivity contribution in [2.75, 3.05) is 0 Å². The molecule has 47 heavy (non-hydrogen) atoms. The zero-order valence-electron chi connectivity index (χ0n) is 25.2. The lowest BCUT2D eigenvalue weighted by Crippen LogP contribution is -1.93.